The molecule has 0 bridgehead atoms. The molecular formula is C14H12N2O. The fraction of sp³-hybridized carbons (Fsp3) is 0.0714. The highest BCUT2D eigenvalue weighted by atomic mass is 16.3. The van der Waals surface area contributed by atoms with Gasteiger partial charge in [0.25, 0.3) is 0 Å². The summed E-state index contributed by atoms with van der Waals surface area (Å²) in [6.07, 6.45) is 0. The van der Waals surface area contributed by atoms with Crippen molar-refractivity contribution in [2.75, 3.05) is 0 Å². The lowest BCUT2D eigenvalue weighted by Crippen LogP contribution is -1.83. The lowest BCUT2D eigenvalue weighted by molar-refractivity contribution is 0.273. The Hall–Kier alpha value is -2.13. The molecule has 0 unspecified atom stereocenters. The maximum atomic E-state index is 9.03. The van der Waals surface area contributed by atoms with Crippen LogP contribution in [0.2, 0.25) is 0 Å². The van der Waals surface area contributed by atoms with Crippen molar-refractivity contribution < 1.29 is 5.11 Å². The molecule has 0 saturated heterocycles. The number of aromatic amines is 1. The molecule has 1 aromatic heterocycles. The van der Waals surface area contributed by atoms with E-state index >= 15 is 0 Å². The van der Waals surface area contributed by atoms with Gasteiger partial charge in [-0.15, -0.1) is 0 Å². The van der Waals surface area contributed by atoms with Crippen LogP contribution in [0.4, 0.5) is 0 Å². The number of H-pyrrole nitrogens is 1. The Kier molecular flexibility index (Phi) is 2.38. The number of aliphatic hydroxyl groups is 1. The largest absolute Gasteiger partial charge is 0.388 e. The maximum Gasteiger partial charge on any atom is 0.133 e. The van der Waals surface area contributed by atoms with E-state index in [1.54, 1.807) is 0 Å². The number of hydrogen-bond acceptors (Lipinski definition) is 2. The lowest BCUT2D eigenvalue weighted by atomic mass is 10.1. The molecule has 0 spiro atoms. The molecule has 3 rings (SSSR count). The molecule has 0 aliphatic heterocycles. The summed E-state index contributed by atoms with van der Waals surface area (Å²) in [5.41, 5.74) is 4.16. The van der Waals surface area contributed by atoms with E-state index in [2.05, 4.69) is 28.2 Å². The van der Waals surface area contributed by atoms with Gasteiger partial charge in [-0.1, -0.05) is 36.4 Å². The predicted molar refractivity (Wildman–Crippen MR) is 67.5 cm³/mol. The van der Waals surface area contributed by atoms with E-state index in [0.29, 0.717) is 5.82 Å². The summed E-state index contributed by atoms with van der Waals surface area (Å²) in [5, 5.41) is 9.03. The number of fused-ring (bicyclic) bond motifs is 1. The molecule has 0 saturated carbocycles. The Labute approximate surface area is 98.8 Å². The van der Waals surface area contributed by atoms with Gasteiger partial charge in [-0.3, -0.25) is 0 Å². The van der Waals surface area contributed by atoms with Crippen molar-refractivity contribution in [3.8, 4) is 11.1 Å². The number of nitrogens with one attached hydrogen (secondary N) is 1. The number of nitrogens with zero attached hydrogens (tertiary/aromatic N) is 1. The quantitative estimate of drug-likeness (QED) is 0.703. The van der Waals surface area contributed by atoms with Crippen LogP contribution in [0.1, 0.15) is 5.82 Å². The predicted octanol–water partition coefficient (Wildman–Crippen LogP) is 2.72. The van der Waals surface area contributed by atoms with Crippen LogP contribution in [0.15, 0.2) is 48.5 Å². The molecule has 84 valence electrons. The van der Waals surface area contributed by atoms with Crippen LogP contribution >= 0.6 is 0 Å². The number of hydrogen-bond donors (Lipinski definition) is 2. The van der Waals surface area contributed by atoms with Crippen molar-refractivity contribution in [1.82, 2.24) is 9.97 Å². The van der Waals surface area contributed by atoms with Crippen LogP contribution < -0.4 is 0 Å². The average molecular weight is 224 g/mol. The van der Waals surface area contributed by atoms with Gasteiger partial charge in [0.15, 0.2) is 0 Å². The van der Waals surface area contributed by atoms with Gasteiger partial charge in [-0.25, -0.2) is 4.98 Å². The highest BCUT2D eigenvalue weighted by molar-refractivity contribution is 5.81. The molecule has 17 heavy (non-hydrogen) atoms. The van der Waals surface area contributed by atoms with Gasteiger partial charge in [-0.05, 0) is 23.3 Å². The summed E-state index contributed by atoms with van der Waals surface area (Å²) in [5.74, 6) is 0.602. The Bertz CT molecular complexity index is 644. The first-order valence-electron chi connectivity index (χ1n) is 5.52. The fourth-order valence-corrected chi connectivity index (χ4v) is 1.95. The monoisotopic (exact) mass is 224 g/mol. The molecule has 1 heterocycles. The minimum absolute atomic E-state index is 0.0602. The van der Waals surface area contributed by atoms with Crippen molar-refractivity contribution in [3.05, 3.63) is 54.4 Å². The topological polar surface area (TPSA) is 48.9 Å². The van der Waals surface area contributed by atoms with Crippen LogP contribution in [-0.2, 0) is 6.61 Å². The number of aromatic nitrogens is 2. The highest BCUT2D eigenvalue weighted by Gasteiger charge is 2.03. The van der Waals surface area contributed by atoms with Crippen molar-refractivity contribution >= 4 is 11.0 Å². The average Bonchev–Trinajstić information content (AvgIpc) is 2.81. The van der Waals surface area contributed by atoms with E-state index in [1.807, 2.05) is 30.3 Å². The van der Waals surface area contributed by atoms with Crippen LogP contribution in [-0.4, -0.2) is 15.1 Å². The van der Waals surface area contributed by atoms with Crippen LogP contribution in [0.5, 0.6) is 0 Å². The molecule has 2 N–H and O–H groups in total. The van der Waals surface area contributed by atoms with Gasteiger partial charge in [0.2, 0.25) is 0 Å². The first-order chi connectivity index (χ1) is 8.36. The number of aliphatic hydroxyl groups excluding tert-OH is 1. The van der Waals surface area contributed by atoms with E-state index in [0.717, 1.165) is 16.6 Å². The zero-order valence-electron chi connectivity index (χ0n) is 9.22. The molecule has 2 aromatic carbocycles. The van der Waals surface area contributed by atoms with Crippen LogP contribution in [0.25, 0.3) is 22.2 Å². The van der Waals surface area contributed by atoms with E-state index in [4.69, 9.17) is 5.11 Å². The molecular weight excluding hydrogens is 212 g/mol. The third kappa shape index (κ3) is 1.81. The van der Waals surface area contributed by atoms with E-state index in [9.17, 15) is 0 Å². The lowest BCUT2D eigenvalue weighted by Gasteiger charge is -2.00. The van der Waals surface area contributed by atoms with Crippen LogP contribution in [0.3, 0.4) is 0 Å². The Morgan fingerprint density at radius 2 is 1.82 bits per heavy atom. The van der Waals surface area contributed by atoms with Gasteiger partial charge in [0.1, 0.15) is 12.4 Å². The molecule has 0 amide bonds. The van der Waals surface area contributed by atoms with Gasteiger partial charge < -0.3 is 10.1 Å². The van der Waals surface area contributed by atoms with Gasteiger partial charge in [0, 0.05) is 0 Å². The summed E-state index contributed by atoms with van der Waals surface area (Å²) in [7, 11) is 0. The molecule has 3 aromatic rings. The second kappa shape index (κ2) is 4.03. The SMILES string of the molecule is OCc1nc2ccc(-c3ccccc3)cc2[nH]1. The summed E-state index contributed by atoms with van der Waals surface area (Å²) >= 11 is 0. The number of benzene rings is 2. The summed E-state index contributed by atoms with van der Waals surface area (Å²) in [6.45, 7) is -0.0602. The third-order valence-corrected chi connectivity index (χ3v) is 2.79. The smallest absolute Gasteiger partial charge is 0.133 e. The van der Waals surface area contributed by atoms with E-state index in [-0.39, 0.29) is 6.61 Å². The van der Waals surface area contributed by atoms with Crippen LogP contribution in [0, 0.1) is 0 Å². The maximum absolute atomic E-state index is 9.03. The molecule has 0 radical (unpaired) electrons. The molecule has 3 heteroatoms. The summed E-state index contributed by atoms with van der Waals surface area (Å²) in [6, 6.07) is 16.2. The molecule has 0 fully saturated rings. The first kappa shape index (κ1) is 10.1. The zero-order valence-corrected chi connectivity index (χ0v) is 9.22. The number of imidazole rings is 1. The summed E-state index contributed by atoms with van der Waals surface area (Å²) in [4.78, 5) is 7.35. The highest BCUT2D eigenvalue weighted by Crippen LogP contribution is 2.23. The number of rotatable bonds is 2. The van der Waals surface area contributed by atoms with Crippen molar-refractivity contribution in [3.63, 3.8) is 0 Å². The third-order valence-electron chi connectivity index (χ3n) is 2.79. The molecule has 0 atom stereocenters. The molecule has 0 aliphatic rings. The zero-order chi connectivity index (χ0) is 11.7. The van der Waals surface area contributed by atoms with Gasteiger partial charge in [0.05, 0.1) is 11.0 Å². The second-order valence-corrected chi connectivity index (χ2v) is 3.94. The first-order valence-corrected chi connectivity index (χ1v) is 5.52. The Balaban J connectivity index is 2.13. The van der Waals surface area contributed by atoms with Crippen molar-refractivity contribution in [2.24, 2.45) is 0 Å². The standard InChI is InChI=1S/C14H12N2O/c17-9-14-15-12-7-6-11(8-13(12)16-14)10-4-2-1-3-5-10/h1-8,17H,9H2,(H,15,16). The second-order valence-electron chi connectivity index (χ2n) is 3.94. The normalized spacial score (nSPS) is 10.9. The van der Waals surface area contributed by atoms with Gasteiger partial charge in [-0.2, -0.15) is 0 Å². The molecule has 3 nitrogen and oxygen atoms in total. The Morgan fingerprint density at radius 1 is 1.00 bits per heavy atom. The minimum atomic E-state index is -0.0602. The fourth-order valence-electron chi connectivity index (χ4n) is 1.95. The van der Waals surface area contributed by atoms with E-state index in [1.165, 1.54) is 5.56 Å². The molecule has 0 aliphatic carbocycles. The summed E-state index contributed by atoms with van der Waals surface area (Å²) < 4.78 is 0. The van der Waals surface area contributed by atoms with Crippen molar-refractivity contribution in [1.29, 1.82) is 0 Å². The minimum Gasteiger partial charge on any atom is -0.388 e. The Morgan fingerprint density at radius 3 is 2.59 bits per heavy atom. The van der Waals surface area contributed by atoms with Crippen molar-refractivity contribution in [2.45, 2.75) is 6.61 Å². The van der Waals surface area contributed by atoms with E-state index < -0.39 is 0 Å². The van der Waals surface area contributed by atoms with Gasteiger partial charge >= 0.3 is 0 Å².